The fourth-order valence-electron chi connectivity index (χ4n) is 7.16. The van der Waals surface area contributed by atoms with Crippen LogP contribution in [0.5, 0.6) is 11.5 Å². The number of nitrogens with zero attached hydrogens (tertiary/aromatic N) is 5. The van der Waals surface area contributed by atoms with Gasteiger partial charge in [0.15, 0.2) is 23.1 Å². The van der Waals surface area contributed by atoms with Crippen LogP contribution >= 0.6 is 0 Å². The van der Waals surface area contributed by atoms with Crippen LogP contribution in [-0.4, -0.2) is 54.5 Å². The summed E-state index contributed by atoms with van der Waals surface area (Å²) in [6.07, 6.45) is 7.60. The molecule has 2 N–H and O–H groups in total. The van der Waals surface area contributed by atoms with E-state index in [1.165, 1.54) is 18.6 Å². The molecule has 1 saturated carbocycles. The van der Waals surface area contributed by atoms with E-state index < -0.39 is 11.6 Å². The Kier molecular flexibility index (Phi) is 8.20. The Labute approximate surface area is 272 Å². The van der Waals surface area contributed by atoms with E-state index in [-0.39, 0.29) is 17.1 Å². The molecule has 1 atom stereocenters. The molecule has 11 heteroatoms. The molecule has 7 rings (SSSR count). The average molecular weight is 636 g/mol. The monoisotopic (exact) mass is 635 g/mol. The molecule has 2 saturated heterocycles. The smallest absolute Gasteiger partial charge is 0.211 e. The topological polar surface area (TPSA) is 106 Å². The van der Waals surface area contributed by atoms with E-state index in [0.717, 1.165) is 87.0 Å². The van der Waals surface area contributed by atoms with Crippen molar-refractivity contribution in [2.45, 2.75) is 38.1 Å². The SMILES string of the molecule is CNc1cc(CN2CCC3(CCN(c4ncncc4Oc4c(F)cc(F)cc4-c4ccc(C#N)cc4C4CC4)C3)C2)ccc1NC=O. The number of rotatable bonds is 10. The number of carbonyl (C=O) groups excluding carboxylic acids is 1. The summed E-state index contributed by atoms with van der Waals surface area (Å²) in [5, 5.41) is 15.3. The molecule has 1 aromatic heterocycles. The van der Waals surface area contributed by atoms with E-state index in [1.54, 1.807) is 12.1 Å². The van der Waals surface area contributed by atoms with Crippen LogP contribution in [0.2, 0.25) is 0 Å². The number of hydrogen-bond donors (Lipinski definition) is 2. The summed E-state index contributed by atoms with van der Waals surface area (Å²) in [4.78, 5) is 24.3. The van der Waals surface area contributed by atoms with Gasteiger partial charge in [0.05, 0.1) is 29.2 Å². The number of benzene rings is 3. The Morgan fingerprint density at radius 3 is 2.70 bits per heavy atom. The first-order valence-corrected chi connectivity index (χ1v) is 15.9. The van der Waals surface area contributed by atoms with Crippen molar-refractivity contribution in [2.24, 2.45) is 5.41 Å². The molecule has 47 heavy (non-hydrogen) atoms. The normalized spacial score (nSPS) is 19.1. The van der Waals surface area contributed by atoms with Crippen LogP contribution in [0.1, 0.15) is 48.3 Å². The first-order chi connectivity index (χ1) is 22.9. The van der Waals surface area contributed by atoms with E-state index in [1.807, 2.05) is 25.2 Å². The minimum atomic E-state index is -0.818. The standard InChI is InChI=1S/C36H35F2N7O2/c1-40-32-13-24(3-7-31(32)43-22-46)18-44-10-8-36(19-44)9-11-45(20-36)35-33(17-41-21-42-35)47-34-29(14-26(37)15-30(34)38)27-6-2-23(16-39)12-28(27)25-4-5-25/h2-3,6-7,12-15,17,21-22,25,40H,4-5,8-11,18-20H2,1H3,(H,43,46). The van der Waals surface area contributed by atoms with Crippen molar-refractivity contribution in [3.8, 4) is 28.7 Å². The lowest BCUT2D eigenvalue weighted by Gasteiger charge is -2.26. The summed E-state index contributed by atoms with van der Waals surface area (Å²) in [5.41, 5.74) is 5.20. The molecule has 9 nitrogen and oxygen atoms in total. The number of halogens is 2. The van der Waals surface area contributed by atoms with Gasteiger partial charge in [-0.05, 0) is 85.2 Å². The van der Waals surface area contributed by atoms with Crippen LogP contribution in [0.4, 0.5) is 26.0 Å². The first kappa shape index (κ1) is 30.6. The molecule has 0 radical (unpaired) electrons. The zero-order valence-electron chi connectivity index (χ0n) is 26.1. The zero-order valence-corrected chi connectivity index (χ0v) is 26.1. The highest BCUT2D eigenvalue weighted by Gasteiger charge is 2.44. The molecule has 3 aliphatic rings. The lowest BCUT2D eigenvalue weighted by Crippen LogP contribution is -2.31. The number of carbonyl (C=O) groups is 1. The van der Waals surface area contributed by atoms with Gasteiger partial charge in [0.1, 0.15) is 12.1 Å². The minimum absolute atomic E-state index is 0.0704. The predicted molar refractivity (Wildman–Crippen MR) is 175 cm³/mol. The molecule has 0 bridgehead atoms. The van der Waals surface area contributed by atoms with Gasteiger partial charge < -0.3 is 20.3 Å². The van der Waals surface area contributed by atoms with Crippen LogP contribution in [0, 0.1) is 28.4 Å². The highest BCUT2D eigenvalue weighted by molar-refractivity contribution is 5.81. The van der Waals surface area contributed by atoms with Crippen LogP contribution in [0.25, 0.3) is 11.1 Å². The fraction of sp³-hybridized carbons (Fsp3) is 0.333. The molecule has 240 valence electrons. The van der Waals surface area contributed by atoms with Crippen LogP contribution in [0.15, 0.2) is 61.1 Å². The number of aromatic nitrogens is 2. The summed E-state index contributed by atoms with van der Waals surface area (Å²) < 4.78 is 36.5. The zero-order chi connectivity index (χ0) is 32.5. The first-order valence-electron chi connectivity index (χ1n) is 15.9. The second kappa shape index (κ2) is 12.6. The molecular formula is C36H35F2N7O2. The number of nitrogens with one attached hydrogen (secondary N) is 2. The van der Waals surface area contributed by atoms with Crippen LogP contribution < -0.4 is 20.3 Å². The predicted octanol–water partition coefficient (Wildman–Crippen LogP) is 6.68. The van der Waals surface area contributed by atoms with Gasteiger partial charge in [-0.1, -0.05) is 12.1 Å². The maximum atomic E-state index is 15.6. The molecule has 3 aromatic carbocycles. The van der Waals surface area contributed by atoms with Gasteiger partial charge in [-0.15, -0.1) is 0 Å². The van der Waals surface area contributed by atoms with E-state index in [9.17, 15) is 14.4 Å². The number of amides is 1. The molecule has 1 spiro atoms. The van der Waals surface area contributed by atoms with E-state index in [2.05, 4.69) is 42.5 Å². The van der Waals surface area contributed by atoms with Crippen molar-refractivity contribution in [2.75, 3.05) is 48.8 Å². The maximum absolute atomic E-state index is 15.6. The third-order valence-corrected chi connectivity index (χ3v) is 9.60. The number of ether oxygens (including phenoxy) is 1. The van der Waals surface area contributed by atoms with Gasteiger partial charge in [0.2, 0.25) is 6.41 Å². The highest BCUT2D eigenvalue weighted by atomic mass is 19.1. The Balaban J connectivity index is 1.11. The van der Waals surface area contributed by atoms with Crippen LogP contribution in [0.3, 0.4) is 0 Å². The summed E-state index contributed by atoms with van der Waals surface area (Å²) in [6, 6.07) is 15.5. The summed E-state index contributed by atoms with van der Waals surface area (Å²) >= 11 is 0. The molecule has 3 fully saturated rings. The van der Waals surface area contributed by atoms with E-state index >= 15 is 4.39 Å². The van der Waals surface area contributed by atoms with E-state index in [4.69, 9.17) is 4.74 Å². The number of likely N-dealkylation sites (tertiary alicyclic amines) is 1. The fourth-order valence-corrected chi connectivity index (χ4v) is 7.16. The van der Waals surface area contributed by atoms with Crippen molar-refractivity contribution in [3.05, 3.63) is 89.4 Å². The second-order valence-electron chi connectivity index (χ2n) is 12.8. The van der Waals surface area contributed by atoms with Gasteiger partial charge in [-0.2, -0.15) is 5.26 Å². The van der Waals surface area contributed by atoms with Crippen molar-refractivity contribution in [1.82, 2.24) is 14.9 Å². The third-order valence-electron chi connectivity index (χ3n) is 9.60. The molecule has 3 heterocycles. The van der Waals surface area contributed by atoms with E-state index in [0.29, 0.717) is 34.7 Å². The van der Waals surface area contributed by atoms with Gasteiger partial charge in [0.25, 0.3) is 0 Å². The van der Waals surface area contributed by atoms with Gasteiger partial charge in [-0.3, -0.25) is 9.69 Å². The van der Waals surface area contributed by atoms with Gasteiger partial charge in [0, 0.05) is 50.3 Å². The molecular weight excluding hydrogens is 600 g/mol. The van der Waals surface area contributed by atoms with Gasteiger partial charge >= 0.3 is 0 Å². The number of hydrogen-bond acceptors (Lipinski definition) is 8. The average Bonchev–Trinajstić information content (AvgIpc) is 3.74. The number of anilines is 3. The maximum Gasteiger partial charge on any atom is 0.211 e. The van der Waals surface area contributed by atoms with Crippen molar-refractivity contribution in [3.63, 3.8) is 0 Å². The van der Waals surface area contributed by atoms with Crippen molar-refractivity contribution >= 4 is 23.6 Å². The molecule has 1 amide bonds. The number of nitriles is 1. The Hall–Kier alpha value is -5.08. The van der Waals surface area contributed by atoms with Crippen molar-refractivity contribution < 1.29 is 18.3 Å². The Morgan fingerprint density at radius 2 is 1.91 bits per heavy atom. The summed E-state index contributed by atoms with van der Waals surface area (Å²) in [5.74, 6) is -0.500. The lowest BCUT2D eigenvalue weighted by molar-refractivity contribution is -0.105. The van der Waals surface area contributed by atoms with Gasteiger partial charge in [-0.25, -0.2) is 18.7 Å². The molecule has 2 aliphatic heterocycles. The molecule has 4 aromatic rings. The largest absolute Gasteiger partial charge is 0.448 e. The Bertz CT molecular complexity index is 1880. The highest BCUT2D eigenvalue weighted by Crippen LogP contribution is 2.49. The quantitative estimate of drug-likeness (QED) is 0.186. The molecule has 1 unspecified atom stereocenters. The summed E-state index contributed by atoms with van der Waals surface area (Å²) in [6.45, 7) is 4.21. The van der Waals surface area contributed by atoms with Crippen LogP contribution in [-0.2, 0) is 11.3 Å². The third kappa shape index (κ3) is 6.21. The lowest BCUT2D eigenvalue weighted by atomic mass is 9.86. The second-order valence-corrected chi connectivity index (χ2v) is 12.8. The molecule has 1 aliphatic carbocycles. The minimum Gasteiger partial charge on any atom is -0.448 e. The Morgan fingerprint density at radius 1 is 1.06 bits per heavy atom. The van der Waals surface area contributed by atoms with Crippen molar-refractivity contribution in [1.29, 1.82) is 5.26 Å². The summed E-state index contributed by atoms with van der Waals surface area (Å²) in [7, 11) is 1.84.